The molecule has 0 saturated heterocycles. The third-order valence-corrected chi connectivity index (χ3v) is 3.70. The number of rotatable bonds is 6. The van der Waals surface area contributed by atoms with Gasteiger partial charge in [0.15, 0.2) is 0 Å². The largest absolute Gasteiger partial charge is 0.371 e. The van der Waals surface area contributed by atoms with E-state index in [1.54, 1.807) is 0 Å². The minimum atomic E-state index is 0.112. The van der Waals surface area contributed by atoms with Gasteiger partial charge in [-0.3, -0.25) is 0 Å². The molecule has 0 amide bonds. The van der Waals surface area contributed by atoms with Crippen molar-refractivity contribution in [1.82, 2.24) is 5.32 Å². The highest BCUT2D eigenvalue weighted by atomic mass is 16.5. The molecule has 3 unspecified atom stereocenters. The monoisotopic (exact) mass is 227 g/mol. The van der Waals surface area contributed by atoms with E-state index in [1.165, 1.54) is 38.5 Å². The van der Waals surface area contributed by atoms with E-state index in [0.717, 1.165) is 12.5 Å². The Hall–Kier alpha value is -0.0800. The second kappa shape index (κ2) is 6.61. The molecule has 0 spiro atoms. The fraction of sp³-hybridized carbons (Fsp3) is 1.00. The lowest BCUT2D eigenvalue weighted by Crippen LogP contribution is -2.47. The van der Waals surface area contributed by atoms with Crippen LogP contribution in [0.25, 0.3) is 0 Å². The van der Waals surface area contributed by atoms with Gasteiger partial charge in [0.2, 0.25) is 0 Å². The number of likely N-dealkylation sites (N-methyl/N-ethyl adjacent to an activating group) is 1. The molecule has 0 aliphatic heterocycles. The van der Waals surface area contributed by atoms with E-state index in [0.29, 0.717) is 6.10 Å². The second-order valence-corrected chi connectivity index (χ2v) is 5.63. The molecular formula is C14H29NO. The summed E-state index contributed by atoms with van der Waals surface area (Å²) in [6.45, 7) is 7.82. The topological polar surface area (TPSA) is 21.3 Å². The number of ether oxygens (including phenoxy) is 1. The Bertz CT molecular complexity index is 191. The molecule has 96 valence electrons. The van der Waals surface area contributed by atoms with Crippen LogP contribution in [0.15, 0.2) is 0 Å². The fourth-order valence-corrected chi connectivity index (χ4v) is 3.14. The normalized spacial score (nSPS) is 32.6. The van der Waals surface area contributed by atoms with Crippen LogP contribution in [-0.2, 0) is 4.74 Å². The van der Waals surface area contributed by atoms with Crippen molar-refractivity contribution in [3.05, 3.63) is 0 Å². The molecule has 0 radical (unpaired) electrons. The second-order valence-electron chi connectivity index (χ2n) is 5.63. The maximum absolute atomic E-state index is 6.37. The van der Waals surface area contributed by atoms with E-state index >= 15 is 0 Å². The molecule has 2 heteroatoms. The van der Waals surface area contributed by atoms with Gasteiger partial charge in [-0.05, 0) is 39.2 Å². The van der Waals surface area contributed by atoms with Gasteiger partial charge < -0.3 is 10.1 Å². The number of hydrogen-bond acceptors (Lipinski definition) is 2. The summed E-state index contributed by atoms with van der Waals surface area (Å²) < 4.78 is 6.37. The molecule has 1 aliphatic carbocycles. The summed E-state index contributed by atoms with van der Waals surface area (Å²) in [5.41, 5.74) is 0.112. The molecule has 0 aromatic rings. The predicted octanol–water partition coefficient (Wildman–Crippen LogP) is 3.36. The van der Waals surface area contributed by atoms with E-state index in [2.05, 4.69) is 26.1 Å². The quantitative estimate of drug-likeness (QED) is 0.751. The van der Waals surface area contributed by atoms with Crippen LogP contribution in [0.1, 0.15) is 59.3 Å². The van der Waals surface area contributed by atoms with E-state index in [4.69, 9.17) is 4.74 Å². The molecule has 0 bridgehead atoms. The molecular weight excluding hydrogens is 198 g/mol. The van der Waals surface area contributed by atoms with Gasteiger partial charge in [-0.2, -0.15) is 0 Å². The van der Waals surface area contributed by atoms with E-state index in [1.807, 2.05) is 7.05 Å². The zero-order valence-corrected chi connectivity index (χ0v) is 11.5. The van der Waals surface area contributed by atoms with Crippen molar-refractivity contribution in [3.63, 3.8) is 0 Å². The Balaban J connectivity index is 2.56. The standard InChI is InChI=1S/C14H29NO/c1-5-7-13(3)16-14(11-15-4)9-6-8-12(2)10-14/h12-13,15H,5-11H2,1-4H3. The highest BCUT2D eigenvalue weighted by molar-refractivity contribution is 4.89. The Kier molecular flexibility index (Phi) is 5.77. The number of nitrogens with one attached hydrogen (secondary N) is 1. The SMILES string of the molecule is CCCC(C)OC1(CNC)CCCC(C)C1. The first-order valence-electron chi connectivity index (χ1n) is 6.94. The van der Waals surface area contributed by atoms with Crippen molar-refractivity contribution >= 4 is 0 Å². The van der Waals surface area contributed by atoms with Crippen molar-refractivity contribution in [1.29, 1.82) is 0 Å². The first kappa shape index (κ1) is 14.0. The molecule has 1 aliphatic rings. The molecule has 2 nitrogen and oxygen atoms in total. The zero-order chi connectivity index (χ0) is 12.0. The van der Waals surface area contributed by atoms with E-state index in [9.17, 15) is 0 Å². The maximum atomic E-state index is 6.37. The van der Waals surface area contributed by atoms with Crippen molar-refractivity contribution in [2.45, 2.75) is 71.0 Å². The van der Waals surface area contributed by atoms with Crippen LogP contribution in [0.3, 0.4) is 0 Å². The molecule has 0 aromatic heterocycles. The van der Waals surface area contributed by atoms with E-state index in [-0.39, 0.29) is 5.60 Å². The van der Waals surface area contributed by atoms with Gasteiger partial charge in [-0.25, -0.2) is 0 Å². The van der Waals surface area contributed by atoms with Crippen LogP contribution in [0, 0.1) is 5.92 Å². The third-order valence-electron chi connectivity index (χ3n) is 3.70. The molecule has 16 heavy (non-hydrogen) atoms. The Morgan fingerprint density at radius 2 is 2.25 bits per heavy atom. The molecule has 0 aromatic carbocycles. The van der Waals surface area contributed by atoms with Gasteiger partial charge in [-0.15, -0.1) is 0 Å². The molecule has 1 fully saturated rings. The lowest BCUT2D eigenvalue weighted by atomic mass is 9.78. The van der Waals surface area contributed by atoms with Crippen LogP contribution in [-0.4, -0.2) is 25.3 Å². The Morgan fingerprint density at radius 1 is 1.50 bits per heavy atom. The van der Waals surface area contributed by atoms with E-state index < -0.39 is 0 Å². The van der Waals surface area contributed by atoms with Gasteiger partial charge in [-0.1, -0.05) is 33.1 Å². The summed E-state index contributed by atoms with van der Waals surface area (Å²) in [6, 6.07) is 0. The third kappa shape index (κ3) is 4.06. The van der Waals surface area contributed by atoms with Crippen LogP contribution in [0.4, 0.5) is 0 Å². The summed E-state index contributed by atoms with van der Waals surface area (Å²) >= 11 is 0. The van der Waals surface area contributed by atoms with Crippen molar-refractivity contribution < 1.29 is 4.74 Å². The smallest absolute Gasteiger partial charge is 0.0812 e. The predicted molar refractivity (Wildman–Crippen MR) is 69.7 cm³/mol. The van der Waals surface area contributed by atoms with Gasteiger partial charge >= 0.3 is 0 Å². The Labute approximate surface area is 101 Å². The highest BCUT2D eigenvalue weighted by Crippen LogP contribution is 2.36. The average Bonchev–Trinajstić information content (AvgIpc) is 2.17. The first-order chi connectivity index (χ1) is 7.62. The maximum Gasteiger partial charge on any atom is 0.0812 e. The van der Waals surface area contributed by atoms with Gasteiger partial charge in [0.1, 0.15) is 0 Å². The lowest BCUT2D eigenvalue weighted by Gasteiger charge is -2.42. The summed E-state index contributed by atoms with van der Waals surface area (Å²) in [5.74, 6) is 0.816. The van der Waals surface area contributed by atoms with Gasteiger partial charge in [0.05, 0.1) is 11.7 Å². The van der Waals surface area contributed by atoms with Gasteiger partial charge in [0.25, 0.3) is 0 Å². The van der Waals surface area contributed by atoms with Crippen molar-refractivity contribution in [2.75, 3.05) is 13.6 Å². The molecule has 3 atom stereocenters. The van der Waals surface area contributed by atoms with Crippen LogP contribution < -0.4 is 5.32 Å². The van der Waals surface area contributed by atoms with Crippen LogP contribution in [0.2, 0.25) is 0 Å². The molecule has 1 rings (SSSR count). The molecule has 0 heterocycles. The fourth-order valence-electron chi connectivity index (χ4n) is 3.14. The summed E-state index contributed by atoms with van der Waals surface area (Å²) in [5, 5.41) is 3.32. The lowest BCUT2D eigenvalue weighted by molar-refractivity contribution is -0.115. The number of hydrogen-bond donors (Lipinski definition) is 1. The van der Waals surface area contributed by atoms with Gasteiger partial charge in [0, 0.05) is 6.54 Å². The molecule has 1 N–H and O–H groups in total. The van der Waals surface area contributed by atoms with Crippen molar-refractivity contribution in [3.8, 4) is 0 Å². The first-order valence-corrected chi connectivity index (χ1v) is 6.94. The van der Waals surface area contributed by atoms with Crippen LogP contribution in [0.5, 0.6) is 0 Å². The highest BCUT2D eigenvalue weighted by Gasteiger charge is 2.36. The summed E-state index contributed by atoms with van der Waals surface area (Å²) in [6.07, 6.45) is 7.95. The molecule has 1 saturated carbocycles. The van der Waals surface area contributed by atoms with Crippen LogP contribution >= 0.6 is 0 Å². The van der Waals surface area contributed by atoms with Crippen molar-refractivity contribution in [2.24, 2.45) is 5.92 Å². The zero-order valence-electron chi connectivity index (χ0n) is 11.5. The summed E-state index contributed by atoms with van der Waals surface area (Å²) in [4.78, 5) is 0. The Morgan fingerprint density at radius 3 is 2.81 bits per heavy atom. The minimum absolute atomic E-state index is 0.112. The summed E-state index contributed by atoms with van der Waals surface area (Å²) in [7, 11) is 2.04. The minimum Gasteiger partial charge on any atom is -0.371 e. The average molecular weight is 227 g/mol.